The van der Waals surface area contributed by atoms with Crippen LogP contribution < -0.4 is 10.5 Å². The Morgan fingerprint density at radius 2 is 1.95 bits per heavy atom. The van der Waals surface area contributed by atoms with Crippen LogP contribution in [0.1, 0.15) is 15.9 Å². The number of carbonyl (C=O) groups is 1. The Bertz CT molecular complexity index is 674. The van der Waals surface area contributed by atoms with Gasteiger partial charge in [-0.15, -0.1) is 0 Å². The molecule has 0 aliphatic heterocycles. The van der Waals surface area contributed by atoms with Gasteiger partial charge in [-0.2, -0.15) is 0 Å². The predicted molar refractivity (Wildman–Crippen MR) is 72.9 cm³/mol. The zero-order chi connectivity index (χ0) is 15.4. The van der Waals surface area contributed by atoms with Gasteiger partial charge in [-0.05, 0) is 23.8 Å². The lowest BCUT2D eigenvalue weighted by Crippen LogP contribution is -2.09. The zero-order valence-electron chi connectivity index (χ0n) is 11.2. The number of rotatable bonds is 4. The quantitative estimate of drug-likeness (QED) is 0.695. The Balaban J connectivity index is 2.10. The second-order valence-corrected chi connectivity index (χ2v) is 4.28. The third-order valence-electron chi connectivity index (χ3n) is 2.81. The first-order chi connectivity index (χ1) is 10.0. The first-order valence-electron chi connectivity index (χ1n) is 6.06. The molecule has 0 saturated heterocycles. The molecule has 0 heterocycles. The summed E-state index contributed by atoms with van der Waals surface area (Å²) in [5, 5.41) is 0. The monoisotopic (exact) mass is 293 g/mol. The van der Waals surface area contributed by atoms with Gasteiger partial charge in [0.25, 0.3) is 0 Å². The first-order valence-corrected chi connectivity index (χ1v) is 6.06. The summed E-state index contributed by atoms with van der Waals surface area (Å²) in [6.45, 7) is -0.0627. The highest BCUT2D eigenvalue weighted by molar-refractivity contribution is 5.90. The number of anilines is 1. The number of halogens is 2. The molecule has 4 nitrogen and oxygen atoms in total. The minimum atomic E-state index is -1.02. The second-order valence-electron chi connectivity index (χ2n) is 4.28. The summed E-state index contributed by atoms with van der Waals surface area (Å²) in [6.07, 6.45) is 0. The highest BCUT2D eigenvalue weighted by atomic mass is 19.1. The number of hydrogen-bond acceptors (Lipinski definition) is 4. The van der Waals surface area contributed by atoms with E-state index in [1.165, 1.54) is 7.11 Å². The number of hydrogen-bond donors (Lipinski definition) is 1. The van der Waals surface area contributed by atoms with E-state index in [1.807, 2.05) is 0 Å². The van der Waals surface area contributed by atoms with E-state index in [0.717, 1.165) is 6.07 Å². The Morgan fingerprint density at radius 1 is 1.19 bits per heavy atom. The smallest absolute Gasteiger partial charge is 0.341 e. The molecule has 2 aromatic rings. The number of esters is 1. The van der Waals surface area contributed by atoms with E-state index in [4.69, 9.17) is 15.2 Å². The summed E-state index contributed by atoms with van der Waals surface area (Å²) in [7, 11) is 1.52. The van der Waals surface area contributed by atoms with Crippen molar-refractivity contribution in [2.75, 3.05) is 12.8 Å². The first kappa shape index (κ1) is 14.8. The van der Waals surface area contributed by atoms with Gasteiger partial charge in [0.15, 0.2) is 0 Å². The Labute approximate surface area is 120 Å². The van der Waals surface area contributed by atoms with Gasteiger partial charge in [0.05, 0.1) is 18.4 Å². The lowest BCUT2D eigenvalue weighted by atomic mass is 10.2. The van der Waals surface area contributed by atoms with Gasteiger partial charge in [0.2, 0.25) is 0 Å². The number of benzene rings is 2. The van der Waals surface area contributed by atoms with Crippen LogP contribution in [0.15, 0.2) is 36.4 Å². The summed E-state index contributed by atoms with van der Waals surface area (Å²) in [6, 6.07) is 8.36. The predicted octanol–water partition coefficient (Wildman–Crippen LogP) is 2.91. The van der Waals surface area contributed by atoms with Gasteiger partial charge in [-0.3, -0.25) is 0 Å². The second kappa shape index (κ2) is 6.21. The van der Waals surface area contributed by atoms with Crippen LogP contribution in [-0.2, 0) is 11.3 Å². The average molecular weight is 293 g/mol. The minimum absolute atomic E-state index is 0.0627. The molecule has 0 saturated carbocycles. The summed E-state index contributed by atoms with van der Waals surface area (Å²) < 4.78 is 36.5. The number of ether oxygens (including phenoxy) is 2. The van der Waals surface area contributed by atoms with Crippen molar-refractivity contribution in [1.82, 2.24) is 0 Å². The van der Waals surface area contributed by atoms with E-state index in [2.05, 4.69) is 0 Å². The van der Waals surface area contributed by atoms with Crippen molar-refractivity contribution in [3.05, 3.63) is 59.2 Å². The Kier molecular flexibility index (Phi) is 4.37. The van der Waals surface area contributed by atoms with Crippen LogP contribution in [0.4, 0.5) is 14.5 Å². The van der Waals surface area contributed by atoms with E-state index in [1.54, 1.807) is 24.3 Å². The summed E-state index contributed by atoms with van der Waals surface area (Å²) in [5.41, 5.74) is 5.26. The van der Waals surface area contributed by atoms with Crippen molar-refractivity contribution in [2.45, 2.75) is 6.61 Å². The van der Waals surface area contributed by atoms with E-state index < -0.39 is 23.2 Å². The topological polar surface area (TPSA) is 61.5 Å². The molecule has 21 heavy (non-hydrogen) atoms. The largest absolute Gasteiger partial charge is 0.497 e. The Morgan fingerprint density at radius 3 is 2.67 bits per heavy atom. The molecule has 2 N–H and O–H groups in total. The highest BCUT2D eigenvalue weighted by Gasteiger charge is 2.16. The molecule has 0 aliphatic rings. The number of carbonyl (C=O) groups excluding carboxylic acids is 1. The summed E-state index contributed by atoms with van der Waals surface area (Å²) >= 11 is 0. The maximum atomic E-state index is 13.5. The third kappa shape index (κ3) is 3.47. The van der Waals surface area contributed by atoms with Crippen LogP contribution >= 0.6 is 0 Å². The molecule has 0 bridgehead atoms. The normalized spacial score (nSPS) is 10.2. The summed E-state index contributed by atoms with van der Waals surface area (Å²) in [5.74, 6) is -2.24. The molecule has 0 amide bonds. The van der Waals surface area contributed by atoms with Crippen LogP contribution in [0.3, 0.4) is 0 Å². The van der Waals surface area contributed by atoms with Gasteiger partial charge in [0, 0.05) is 6.07 Å². The van der Waals surface area contributed by atoms with Crippen LogP contribution in [-0.4, -0.2) is 13.1 Å². The van der Waals surface area contributed by atoms with Crippen molar-refractivity contribution >= 4 is 11.7 Å². The molecule has 0 aromatic heterocycles. The molecule has 0 aliphatic carbocycles. The number of nitrogens with two attached hydrogens (primary N) is 1. The third-order valence-corrected chi connectivity index (χ3v) is 2.81. The molecule has 6 heteroatoms. The van der Waals surface area contributed by atoms with Gasteiger partial charge in [-0.1, -0.05) is 12.1 Å². The standard InChI is InChI=1S/C15H13F2NO3/c1-20-10-4-2-3-9(5-10)8-21-15(19)11-6-14(18)13(17)7-12(11)16/h2-7H,8,18H2,1H3. The van der Waals surface area contributed by atoms with Crippen molar-refractivity contribution in [3.8, 4) is 5.75 Å². The molecular formula is C15H13F2NO3. The summed E-state index contributed by atoms with van der Waals surface area (Å²) in [4.78, 5) is 11.8. The van der Waals surface area contributed by atoms with E-state index in [-0.39, 0.29) is 12.3 Å². The van der Waals surface area contributed by atoms with Crippen molar-refractivity contribution < 1.29 is 23.0 Å². The maximum Gasteiger partial charge on any atom is 0.341 e. The average Bonchev–Trinajstić information content (AvgIpc) is 2.48. The van der Waals surface area contributed by atoms with Crippen LogP contribution in [0, 0.1) is 11.6 Å². The van der Waals surface area contributed by atoms with Gasteiger partial charge in [0.1, 0.15) is 24.0 Å². The van der Waals surface area contributed by atoms with Gasteiger partial charge in [-0.25, -0.2) is 13.6 Å². The van der Waals surface area contributed by atoms with E-state index in [0.29, 0.717) is 17.4 Å². The van der Waals surface area contributed by atoms with E-state index >= 15 is 0 Å². The van der Waals surface area contributed by atoms with Crippen molar-refractivity contribution in [1.29, 1.82) is 0 Å². The molecule has 0 atom stereocenters. The SMILES string of the molecule is COc1cccc(COC(=O)c2cc(N)c(F)cc2F)c1. The van der Waals surface area contributed by atoms with E-state index in [9.17, 15) is 13.6 Å². The van der Waals surface area contributed by atoms with Crippen molar-refractivity contribution in [2.24, 2.45) is 0 Å². The molecular weight excluding hydrogens is 280 g/mol. The molecule has 110 valence electrons. The van der Waals surface area contributed by atoms with Crippen LogP contribution in [0.5, 0.6) is 5.75 Å². The lowest BCUT2D eigenvalue weighted by molar-refractivity contribution is 0.0467. The fourth-order valence-corrected chi connectivity index (χ4v) is 1.71. The molecule has 0 radical (unpaired) electrons. The van der Waals surface area contributed by atoms with Gasteiger partial charge < -0.3 is 15.2 Å². The van der Waals surface area contributed by atoms with Crippen LogP contribution in [0.2, 0.25) is 0 Å². The Hall–Kier alpha value is -2.63. The zero-order valence-corrected chi connectivity index (χ0v) is 11.2. The molecule has 2 rings (SSSR count). The number of methoxy groups -OCH3 is 1. The van der Waals surface area contributed by atoms with Crippen LogP contribution in [0.25, 0.3) is 0 Å². The highest BCUT2D eigenvalue weighted by Crippen LogP contribution is 2.19. The molecule has 0 unspecified atom stereocenters. The lowest BCUT2D eigenvalue weighted by Gasteiger charge is -2.08. The molecule has 0 spiro atoms. The molecule has 0 fully saturated rings. The fraction of sp³-hybridized carbons (Fsp3) is 0.133. The molecule has 2 aromatic carbocycles. The fourth-order valence-electron chi connectivity index (χ4n) is 1.71. The maximum absolute atomic E-state index is 13.5. The number of nitrogen functional groups attached to an aromatic ring is 1. The van der Waals surface area contributed by atoms with Crippen molar-refractivity contribution in [3.63, 3.8) is 0 Å². The minimum Gasteiger partial charge on any atom is -0.497 e. The van der Waals surface area contributed by atoms with Gasteiger partial charge >= 0.3 is 5.97 Å².